The first-order valence-corrected chi connectivity index (χ1v) is 5.86. The summed E-state index contributed by atoms with van der Waals surface area (Å²) in [5, 5.41) is 5.63. The van der Waals surface area contributed by atoms with E-state index in [0.29, 0.717) is 6.04 Å². The lowest BCUT2D eigenvalue weighted by Gasteiger charge is -2.09. The van der Waals surface area contributed by atoms with E-state index in [2.05, 4.69) is 46.5 Å². The van der Waals surface area contributed by atoms with E-state index in [4.69, 9.17) is 0 Å². The van der Waals surface area contributed by atoms with Crippen LogP contribution in [0.2, 0.25) is 0 Å². The summed E-state index contributed by atoms with van der Waals surface area (Å²) >= 11 is 5.19. The molecule has 68 valence electrons. The van der Waals surface area contributed by atoms with Gasteiger partial charge >= 0.3 is 0 Å². The van der Waals surface area contributed by atoms with E-state index < -0.39 is 0 Å². The van der Waals surface area contributed by atoms with E-state index in [1.165, 1.54) is 15.8 Å². The molecule has 1 N–H and O–H groups in total. The molecule has 0 amide bonds. The predicted molar refractivity (Wildman–Crippen MR) is 58.6 cm³/mol. The second kappa shape index (κ2) is 5.00. The second-order valence-corrected chi connectivity index (χ2v) is 5.24. The van der Waals surface area contributed by atoms with Gasteiger partial charge in [0.15, 0.2) is 0 Å². The van der Waals surface area contributed by atoms with Crippen molar-refractivity contribution in [1.82, 2.24) is 5.32 Å². The van der Waals surface area contributed by atoms with Crippen LogP contribution < -0.4 is 5.32 Å². The molecule has 0 aromatic carbocycles. The number of hydrogen-bond donors (Lipinski definition) is 1. The van der Waals surface area contributed by atoms with Gasteiger partial charge in [-0.05, 0) is 46.3 Å². The van der Waals surface area contributed by atoms with E-state index >= 15 is 0 Å². The van der Waals surface area contributed by atoms with Gasteiger partial charge in [0.05, 0.1) is 3.79 Å². The van der Waals surface area contributed by atoms with Gasteiger partial charge in [0.2, 0.25) is 0 Å². The van der Waals surface area contributed by atoms with Gasteiger partial charge in [-0.3, -0.25) is 0 Å². The summed E-state index contributed by atoms with van der Waals surface area (Å²) in [6.07, 6.45) is 1.19. The Bertz CT molecular complexity index is 234. The van der Waals surface area contributed by atoms with E-state index in [9.17, 15) is 0 Å². The van der Waals surface area contributed by atoms with Crippen molar-refractivity contribution >= 4 is 27.3 Å². The summed E-state index contributed by atoms with van der Waals surface area (Å²) in [7, 11) is 0. The fraction of sp³-hybridized carbons (Fsp3) is 0.556. The van der Waals surface area contributed by atoms with Crippen LogP contribution in [0.3, 0.4) is 0 Å². The van der Waals surface area contributed by atoms with Crippen LogP contribution in [0, 0.1) is 0 Å². The first-order chi connectivity index (χ1) is 5.72. The second-order valence-electron chi connectivity index (χ2n) is 2.95. The lowest BCUT2D eigenvalue weighted by molar-refractivity contribution is 0.535. The Balaban J connectivity index is 2.33. The summed E-state index contributed by atoms with van der Waals surface area (Å²) in [5.41, 5.74) is 1.37. The summed E-state index contributed by atoms with van der Waals surface area (Å²) in [6.45, 7) is 5.39. The maximum absolute atomic E-state index is 3.45. The molecule has 0 spiro atoms. The van der Waals surface area contributed by atoms with Crippen molar-refractivity contribution < 1.29 is 0 Å². The van der Waals surface area contributed by atoms with Crippen molar-refractivity contribution in [2.24, 2.45) is 0 Å². The molecular formula is C9H14BrNS. The Hall–Kier alpha value is 0.140. The molecule has 1 atom stereocenters. The van der Waals surface area contributed by atoms with E-state index in [0.717, 1.165) is 6.54 Å². The van der Waals surface area contributed by atoms with Gasteiger partial charge in [-0.1, -0.05) is 6.92 Å². The fourth-order valence-corrected chi connectivity index (χ4v) is 2.08. The van der Waals surface area contributed by atoms with Gasteiger partial charge in [-0.25, -0.2) is 0 Å². The average Bonchev–Trinajstić information content (AvgIpc) is 2.47. The smallest absolute Gasteiger partial charge is 0.0701 e. The van der Waals surface area contributed by atoms with Crippen molar-refractivity contribution in [2.45, 2.75) is 32.9 Å². The summed E-state index contributed by atoms with van der Waals surface area (Å²) < 4.78 is 1.21. The number of rotatable bonds is 4. The molecule has 1 aromatic heterocycles. The highest BCUT2D eigenvalue weighted by Gasteiger charge is 1.99. The van der Waals surface area contributed by atoms with Crippen molar-refractivity contribution in [3.63, 3.8) is 0 Å². The molecule has 3 heteroatoms. The minimum atomic E-state index is 0.615. The van der Waals surface area contributed by atoms with Gasteiger partial charge in [0, 0.05) is 12.6 Å². The number of halogens is 1. The third-order valence-electron chi connectivity index (χ3n) is 1.89. The Kier molecular flexibility index (Phi) is 4.26. The predicted octanol–water partition coefficient (Wildman–Crippen LogP) is 3.40. The van der Waals surface area contributed by atoms with Crippen molar-refractivity contribution in [2.75, 3.05) is 0 Å². The summed E-state index contributed by atoms with van der Waals surface area (Å²) in [4.78, 5) is 0. The quantitative estimate of drug-likeness (QED) is 0.861. The number of hydrogen-bond acceptors (Lipinski definition) is 2. The SMILES string of the molecule is CCC(C)NCc1csc(Br)c1. The third kappa shape index (κ3) is 3.25. The lowest BCUT2D eigenvalue weighted by atomic mass is 10.2. The molecule has 0 radical (unpaired) electrons. The van der Waals surface area contributed by atoms with Crippen LogP contribution in [0.15, 0.2) is 15.2 Å². The normalized spacial score (nSPS) is 13.2. The van der Waals surface area contributed by atoms with E-state index in [1.807, 2.05) is 0 Å². The molecule has 1 rings (SSSR count). The minimum absolute atomic E-state index is 0.615. The molecular weight excluding hydrogens is 234 g/mol. The van der Waals surface area contributed by atoms with Gasteiger partial charge in [-0.2, -0.15) is 0 Å². The maximum Gasteiger partial charge on any atom is 0.0701 e. The van der Waals surface area contributed by atoms with Crippen molar-refractivity contribution in [1.29, 1.82) is 0 Å². The van der Waals surface area contributed by atoms with Crippen LogP contribution in [0.4, 0.5) is 0 Å². The van der Waals surface area contributed by atoms with E-state index in [-0.39, 0.29) is 0 Å². The van der Waals surface area contributed by atoms with Crippen molar-refractivity contribution in [3.05, 3.63) is 20.8 Å². The van der Waals surface area contributed by atoms with Gasteiger partial charge in [-0.15, -0.1) is 11.3 Å². The molecule has 0 fully saturated rings. The monoisotopic (exact) mass is 247 g/mol. The third-order valence-corrected chi connectivity index (χ3v) is 3.44. The zero-order valence-corrected chi connectivity index (χ0v) is 9.83. The number of nitrogens with one attached hydrogen (secondary N) is 1. The molecule has 0 aliphatic carbocycles. The van der Waals surface area contributed by atoms with Gasteiger partial charge in [0.25, 0.3) is 0 Å². The molecule has 1 nitrogen and oxygen atoms in total. The fourth-order valence-electron chi connectivity index (χ4n) is 0.875. The highest BCUT2D eigenvalue weighted by atomic mass is 79.9. The Morgan fingerprint density at radius 1 is 1.67 bits per heavy atom. The summed E-state index contributed by atoms with van der Waals surface area (Å²) in [5.74, 6) is 0. The zero-order valence-electron chi connectivity index (χ0n) is 7.43. The van der Waals surface area contributed by atoms with Crippen LogP contribution in [0.1, 0.15) is 25.8 Å². The maximum atomic E-state index is 3.45. The Morgan fingerprint density at radius 3 is 2.92 bits per heavy atom. The molecule has 1 unspecified atom stereocenters. The topological polar surface area (TPSA) is 12.0 Å². The molecule has 0 saturated heterocycles. The molecule has 0 aliphatic heterocycles. The Labute approximate surface area is 86.3 Å². The molecule has 0 aliphatic rings. The van der Waals surface area contributed by atoms with Gasteiger partial charge < -0.3 is 5.32 Å². The van der Waals surface area contributed by atoms with Crippen LogP contribution in [-0.4, -0.2) is 6.04 Å². The minimum Gasteiger partial charge on any atom is -0.310 e. The highest BCUT2D eigenvalue weighted by Crippen LogP contribution is 2.20. The first kappa shape index (κ1) is 10.2. The average molecular weight is 248 g/mol. The number of thiophene rings is 1. The van der Waals surface area contributed by atoms with E-state index in [1.54, 1.807) is 11.3 Å². The van der Waals surface area contributed by atoms with Crippen LogP contribution in [-0.2, 0) is 6.54 Å². The largest absolute Gasteiger partial charge is 0.310 e. The Morgan fingerprint density at radius 2 is 2.42 bits per heavy atom. The standard InChI is InChI=1S/C9H14BrNS/c1-3-7(2)11-5-8-4-9(10)12-6-8/h4,6-7,11H,3,5H2,1-2H3. The zero-order chi connectivity index (χ0) is 8.97. The lowest BCUT2D eigenvalue weighted by Crippen LogP contribution is -2.24. The van der Waals surface area contributed by atoms with Crippen LogP contribution in [0.5, 0.6) is 0 Å². The van der Waals surface area contributed by atoms with Gasteiger partial charge in [0.1, 0.15) is 0 Å². The van der Waals surface area contributed by atoms with Crippen molar-refractivity contribution in [3.8, 4) is 0 Å². The molecule has 0 bridgehead atoms. The molecule has 1 heterocycles. The first-order valence-electron chi connectivity index (χ1n) is 4.18. The van der Waals surface area contributed by atoms with Crippen LogP contribution >= 0.6 is 27.3 Å². The summed E-state index contributed by atoms with van der Waals surface area (Å²) in [6, 6.07) is 2.78. The molecule has 12 heavy (non-hydrogen) atoms. The van der Waals surface area contributed by atoms with Crippen LogP contribution in [0.25, 0.3) is 0 Å². The molecule has 0 saturated carbocycles. The highest BCUT2D eigenvalue weighted by molar-refractivity contribution is 9.11. The molecule has 1 aromatic rings.